The molecule has 26 heavy (non-hydrogen) atoms. The van der Waals surface area contributed by atoms with Gasteiger partial charge in [0.25, 0.3) is 0 Å². The number of nitrogens with zero attached hydrogens (tertiary/aromatic N) is 1. The maximum atomic E-state index is 12.1. The molecule has 0 atom stereocenters. The maximum absolute atomic E-state index is 12.1. The summed E-state index contributed by atoms with van der Waals surface area (Å²) in [6.45, 7) is 6.69. The second kappa shape index (κ2) is 7.60. The van der Waals surface area contributed by atoms with Crippen LogP contribution < -0.4 is 15.0 Å². The Balaban J connectivity index is 1.52. The summed E-state index contributed by atoms with van der Waals surface area (Å²) < 4.78 is 5.66. The normalized spacial score (nSPS) is 12.7. The highest BCUT2D eigenvalue weighted by Crippen LogP contribution is 2.30. The van der Waals surface area contributed by atoms with Gasteiger partial charge in [-0.2, -0.15) is 0 Å². The van der Waals surface area contributed by atoms with E-state index < -0.39 is 0 Å². The summed E-state index contributed by atoms with van der Waals surface area (Å²) in [7, 11) is 0. The third-order valence-corrected chi connectivity index (χ3v) is 4.72. The minimum atomic E-state index is -0.0878. The molecule has 0 saturated carbocycles. The molecule has 5 heteroatoms. The molecule has 1 aliphatic heterocycles. The SMILES string of the molecule is CC(=O)N1CCc2cc(NC(=O)CCOc3ccc(C)c(C)c3)ccc21. The highest BCUT2D eigenvalue weighted by atomic mass is 16.5. The first-order chi connectivity index (χ1) is 12.4. The van der Waals surface area contributed by atoms with E-state index in [2.05, 4.69) is 12.2 Å². The summed E-state index contributed by atoms with van der Waals surface area (Å²) in [5.41, 5.74) is 5.17. The van der Waals surface area contributed by atoms with Crippen molar-refractivity contribution in [1.82, 2.24) is 0 Å². The molecule has 1 aliphatic rings. The predicted octanol–water partition coefficient (Wildman–Crippen LogP) is 3.62. The van der Waals surface area contributed by atoms with E-state index in [0.29, 0.717) is 13.2 Å². The third-order valence-electron chi connectivity index (χ3n) is 4.72. The lowest BCUT2D eigenvalue weighted by Gasteiger charge is -2.15. The molecule has 136 valence electrons. The Kier molecular flexibility index (Phi) is 5.26. The van der Waals surface area contributed by atoms with Gasteiger partial charge in [0.2, 0.25) is 11.8 Å². The first-order valence-electron chi connectivity index (χ1n) is 8.85. The summed E-state index contributed by atoms with van der Waals surface area (Å²) >= 11 is 0. The van der Waals surface area contributed by atoms with E-state index in [-0.39, 0.29) is 18.2 Å². The van der Waals surface area contributed by atoms with Gasteiger partial charge in [-0.1, -0.05) is 6.07 Å². The molecule has 0 radical (unpaired) electrons. The fourth-order valence-electron chi connectivity index (χ4n) is 3.10. The number of hydrogen-bond donors (Lipinski definition) is 1. The van der Waals surface area contributed by atoms with E-state index in [4.69, 9.17) is 4.74 Å². The number of carbonyl (C=O) groups excluding carboxylic acids is 2. The molecule has 2 aromatic carbocycles. The Bertz CT molecular complexity index is 845. The fraction of sp³-hybridized carbons (Fsp3) is 0.333. The van der Waals surface area contributed by atoms with Gasteiger partial charge in [-0.15, -0.1) is 0 Å². The second-order valence-electron chi connectivity index (χ2n) is 6.66. The van der Waals surface area contributed by atoms with Crippen molar-refractivity contribution in [2.75, 3.05) is 23.4 Å². The molecule has 0 unspecified atom stereocenters. The number of aryl methyl sites for hydroxylation is 2. The average Bonchev–Trinajstić information content (AvgIpc) is 3.01. The summed E-state index contributed by atoms with van der Waals surface area (Å²) in [5.74, 6) is 0.738. The van der Waals surface area contributed by atoms with E-state index in [1.54, 1.807) is 11.8 Å². The molecule has 5 nitrogen and oxygen atoms in total. The molecule has 2 aromatic rings. The molecule has 0 saturated heterocycles. The van der Waals surface area contributed by atoms with Gasteiger partial charge < -0.3 is 15.0 Å². The van der Waals surface area contributed by atoms with E-state index in [9.17, 15) is 9.59 Å². The topological polar surface area (TPSA) is 58.6 Å². The zero-order valence-electron chi connectivity index (χ0n) is 15.5. The van der Waals surface area contributed by atoms with Gasteiger partial charge in [-0.25, -0.2) is 0 Å². The van der Waals surface area contributed by atoms with Crippen LogP contribution in [0.5, 0.6) is 5.75 Å². The molecule has 1 heterocycles. The lowest BCUT2D eigenvalue weighted by Crippen LogP contribution is -2.25. The first-order valence-corrected chi connectivity index (χ1v) is 8.85. The van der Waals surface area contributed by atoms with Crippen LogP contribution in [0.3, 0.4) is 0 Å². The number of anilines is 2. The average molecular weight is 352 g/mol. The summed E-state index contributed by atoms with van der Waals surface area (Å²) in [6.07, 6.45) is 1.10. The summed E-state index contributed by atoms with van der Waals surface area (Å²) in [6, 6.07) is 11.6. The maximum Gasteiger partial charge on any atom is 0.227 e. The minimum Gasteiger partial charge on any atom is -0.493 e. The van der Waals surface area contributed by atoms with Crippen LogP contribution >= 0.6 is 0 Å². The van der Waals surface area contributed by atoms with Crippen LogP contribution in [0.25, 0.3) is 0 Å². The Morgan fingerprint density at radius 1 is 1.12 bits per heavy atom. The van der Waals surface area contributed by atoms with Gasteiger partial charge in [0.1, 0.15) is 5.75 Å². The van der Waals surface area contributed by atoms with Gasteiger partial charge >= 0.3 is 0 Å². The smallest absolute Gasteiger partial charge is 0.227 e. The summed E-state index contributed by atoms with van der Waals surface area (Å²) in [4.78, 5) is 25.5. The molecular formula is C21H24N2O3. The van der Waals surface area contributed by atoms with Crippen molar-refractivity contribution in [2.45, 2.75) is 33.6 Å². The molecule has 0 aliphatic carbocycles. The van der Waals surface area contributed by atoms with E-state index in [1.807, 2.05) is 43.3 Å². The number of hydrogen-bond acceptors (Lipinski definition) is 3. The van der Waals surface area contributed by atoms with Crippen molar-refractivity contribution in [3.8, 4) is 5.75 Å². The zero-order chi connectivity index (χ0) is 18.7. The monoisotopic (exact) mass is 352 g/mol. The lowest BCUT2D eigenvalue weighted by atomic mass is 10.1. The number of benzene rings is 2. The number of ether oxygens (including phenoxy) is 1. The van der Waals surface area contributed by atoms with E-state index in [0.717, 1.165) is 29.1 Å². The molecule has 0 spiro atoms. The third kappa shape index (κ3) is 4.04. The van der Waals surface area contributed by atoms with Crippen molar-refractivity contribution >= 4 is 23.2 Å². The number of fused-ring (bicyclic) bond motifs is 1. The van der Waals surface area contributed by atoms with Crippen LogP contribution in [0.15, 0.2) is 36.4 Å². The quantitative estimate of drug-likeness (QED) is 0.894. The first kappa shape index (κ1) is 18.0. The van der Waals surface area contributed by atoms with E-state index >= 15 is 0 Å². The van der Waals surface area contributed by atoms with Crippen molar-refractivity contribution < 1.29 is 14.3 Å². The van der Waals surface area contributed by atoms with Gasteiger partial charge in [0.05, 0.1) is 13.0 Å². The summed E-state index contributed by atoms with van der Waals surface area (Å²) in [5, 5.41) is 2.90. The van der Waals surface area contributed by atoms with Gasteiger partial charge in [0.15, 0.2) is 0 Å². The molecule has 2 amide bonds. The Morgan fingerprint density at radius 2 is 1.92 bits per heavy atom. The predicted molar refractivity (Wildman–Crippen MR) is 103 cm³/mol. The number of nitrogens with one attached hydrogen (secondary N) is 1. The van der Waals surface area contributed by atoms with Crippen molar-refractivity contribution in [3.63, 3.8) is 0 Å². The van der Waals surface area contributed by atoms with Gasteiger partial charge in [-0.05, 0) is 67.3 Å². The lowest BCUT2D eigenvalue weighted by molar-refractivity contribution is -0.117. The van der Waals surface area contributed by atoms with Crippen LogP contribution in [0.4, 0.5) is 11.4 Å². The molecule has 0 bridgehead atoms. The zero-order valence-corrected chi connectivity index (χ0v) is 15.5. The second-order valence-corrected chi connectivity index (χ2v) is 6.66. The molecule has 3 rings (SSSR count). The Hall–Kier alpha value is -2.82. The van der Waals surface area contributed by atoms with Crippen LogP contribution in [0.2, 0.25) is 0 Å². The molecule has 1 N–H and O–H groups in total. The van der Waals surface area contributed by atoms with Crippen LogP contribution in [0, 0.1) is 13.8 Å². The van der Waals surface area contributed by atoms with Crippen LogP contribution in [-0.4, -0.2) is 25.0 Å². The highest BCUT2D eigenvalue weighted by molar-refractivity contribution is 5.95. The highest BCUT2D eigenvalue weighted by Gasteiger charge is 2.22. The number of rotatable bonds is 5. The Morgan fingerprint density at radius 3 is 2.65 bits per heavy atom. The Labute approximate surface area is 154 Å². The van der Waals surface area contributed by atoms with Crippen molar-refractivity contribution in [3.05, 3.63) is 53.1 Å². The standard InChI is InChI=1S/C21H24N2O3/c1-14-4-6-19(12-15(14)2)26-11-9-21(25)22-18-5-7-20-17(13-18)8-10-23(20)16(3)24/h4-7,12-13H,8-11H2,1-3H3,(H,22,25). The number of amides is 2. The fourth-order valence-corrected chi connectivity index (χ4v) is 3.10. The minimum absolute atomic E-state index is 0.0454. The van der Waals surface area contributed by atoms with Gasteiger partial charge in [0, 0.05) is 24.8 Å². The van der Waals surface area contributed by atoms with Crippen LogP contribution in [-0.2, 0) is 16.0 Å². The molecule has 0 aromatic heterocycles. The van der Waals surface area contributed by atoms with Crippen LogP contribution in [0.1, 0.15) is 30.0 Å². The largest absolute Gasteiger partial charge is 0.493 e. The molecule has 0 fully saturated rings. The number of carbonyl (C=O) groups is 2. The molecular weight excluding hydrogens is 328 g/mol. The van der Waals surface area contributed by atoms with E-state index in [1.165, 1.54) is 11.1 Å². The van der Waals surface area contributed by atoms with Gasteiger partial charge in [-0.3, -0.25) is 9.59 Å². The van der Waals surface area contributed by atoms with Crippen molar-refractivity contribution in [1.29, 1.82) is 0 Å². The van der Waals surface area contributed by atoms with Crippen molar-refractivity contribution in [2.24, 2.45) is 0 Å².